The fraction of sp³-hybridized carbons (Fsp3) is 0.316. The molecule has 1 aromatic carbocycles. The summed E-state index contributed by atoms with van der Waals surface area (Å²) in [5.74, 6) is 0.227. The molecule has 0 aliphatic carbocycles. The van der Waals surface area contributed by atoms with Crippen LogP contribution in [0.1, 0.15) is 61.3 Å². The lowest BCUT2D eigenvalue weighted by Gasteiger charge is -2.12. The summed E-state index contributed by atoms with van der Waals surface area (Å²) in [6, 6.07) is 7.84. The van der Waals surface area contributed by atoms with Crippen LogP contribution >= 0.6 is 0 Å². The predicted molar refractivity (Wildman–Crippen MR) is 98.2 cm³/mol. The summed E-state index contributed by atoms with van der Waals surface area (Å²) in [6.07, 6.45) is 1.53. The SMILES string of the molecule is CC(C)c1cc(NC(=O)c2cnn(-c3ccc(F)cc3)c2C(C)C)n[nH]1. The second-order valence-electron chi connectivity index (χ2n) is 6.80. The van der Waals surface area contributed by atoms with E-state index in [1.165, 1.54) is 18.3 Å². The highest BCUT2D eigenvalue weighted by Gasteiger charge is 2.21. The normalized spacial score (nSPS) is 11.3. The van der Waals surface area contributed by atoms with Gasteiger partial charge in [0.1, 0.15) is 5.82 Å². The number of H-pyrrole nitrogens is 1. The van der Waals surface area contributed by atoms with E-state index in [1.54, 1.807) is 16.8 Å². The van der Waals surface area contributed by atoms with Gasteiger partial charge in [-0.2, -0.15) is 10.2 Å². The molecule has 2 aromatic heterocycles. The molecule has 2 heterocycles. The summed E-state index contributed by atoms with van der Waals surface area (Å²) >= 11 is 0. The van der Waals surface area contributed by atoms with E-state index >= 15 is 0 Å². The molecule has 26 heavy (non-hydrogen) atoms. The van der Waals surface area contributed by atoms with Crippen LogP contribution in [0.15, 0.2) is 36.5 Å². The molecule has 0 unspecified atom stereocenters. The topological polar surface area (TPSA) is 75.6 Å². The standard InChI is InChI=1S/C19H22FN5O/c1-11(2)16-9-17(24-23-16)22-19(26)15-10-21-25(18(15)12(3)4)14-7-5-13(20)6-8-14/h5-12H,1-4H3,(H2,22,23,24,26). The Labute approximate surface area is 151 Å². The number of carbonyl (C=O) groups is 1. The van der Waals surface area contributed by atoms with Crippen LogP contribution in [0.25, 0.3) is 5.69 Å². The molecule has 136 valence electrons. The van der Waals surface area contributed by atoms with Crippen LogP contribution in [0.5, 0.6) is 0 Å². The second-order valence-corrected chi connectivity index (χ2v) is 6.80. The summed E-state index contributed by atoms with van der Waals surface area (Å²) in [7, 11) is 0. The largest absolute Gasteiger partial charge is 0.305 e. The van der Waals surface area contributed by atoms with Gasteiger partial charge < -0.3 is 5.32 Å². The number of aromatic nitrogens is 4. The second kappa shape index (κ2) is 7.11. The molecule has 0 radical (unpaired) electrons. The summed E-state index contributed by atoms with van der Waals surface area (Å²) in [6.45, 7) is 8.06. The molecule has 0 aliphatic rings. The zero-order chi connectivity index (χ0) is 18.8. The third-order valence-electron chi connectivity index (χ3n) is 4.13. The van der Waals surface area contributed by atoms with Crippen LogP contribution in [0.4, 0.5) is 10.2 Å². The first-order valence-electron chi connectivity index (χ1n) is 8.57. The minimum Gasteiger partial charge on any atom is -0.305 e. The van der Waals surface area contributed by atoms with E-state index in [1.807, 2.05) is 33.8 Å². The Balaban J connectivity index is 1.91. The van der Waals surface area contributed by atoms with Crippen molar-refractivity contribution in [3.05, 3.63) is 59.3 Å². The van der Waals surface area contributed by atoms with Crippen LogP contribution in [-0.4, -0.2) is 25.9 Å². The number of aromatic amines is 1. The summed E-state index contributed by atoms with van der Waals surface area (Å²) in [4.78, 5) is 12.7. The van der Waals surface area contributed by atoms with Crippen molar-refractivity contribution in [3.8, 4) is 5.69 Å². The lowest BCUT2D eigenvalue weighted by molar-refractivity contribution is 0.102. The highest BCUT2D eigenvalue weighted by Crippen LogP contribution is 2.24. The van der Waals surface area contributed by atoms with Gasteiger partial charge in [-0.1, -0.05) is 27.7 Å². The van der Waals surface area contributed by atoms with Crippen LogP contribution < -0.4 is 5.32 Å². The number of carbonyl (C=O) groups excluding carboxylic acids is 1. The maximum atomic E-state index is 13.2. The molecule has 3 rings (SSSR count). The summed E-state index contributed by atoms with van der Waals surface area (Å²) in [5.41, 5.74) is 2.88. The van der Waals surface area contributed by atoms with Gasteiger partial charge in [0.25, 0.3) is 5.91 Å². The summed E-state index contributed by atoms with van der Waals surface area (Å²) in [5, 5.41) is 14.2. The number of benzene rings is 1. The highest BCUT2D eigenvalue weighted by atomic mass is 19.1. The van der Waals surface area contributed by atoms with Crippen molar-refractivity contribution in [3.63, 3.8) is 0 Å². The first-order valence-corrected chi connectivity index (χ1v) is 8.57. The van der Waals surface area contributed by atoms with Gasteiger partial charge in [-0.3, -0.25) is 9.89 Å². The Bertz CT molecular complexity index is 908. The number of hydrogen-bond acceptors (Lipinski definition) is 3. The van der Waals surface area contributed by atoms with E-state index in [0.29, 0.717) is 23.0 Å². The molecule has 0 fully saturated rings. The van der Waals surface area contributed by atoms with Gasteiger partial charge in [0.2, 0.25) is 0 Å². The van der Waals surface area contributed by atoms with E-state index in [-0.39, 0.29) is 17.6 Å². The van der Waals surface area contributed by atoms with Crippen molar-refractivity contribution >= 4 is 11.7 Å². The fourth-order valence-corrected chi connectivity index (χ4v) is 2.76. The number of halogens is 1. The van der Waals surface area contributed by atoms with Gasteiger partial charge in [-0.25, -0.2) is 9.07 Å². The van der Waals surface area contributed by atoms with Crippen LogP contribution in [-0.2, 0) is 0 Å². The Morgan fingerprint density at radius 2 is 1.85 bits per heavy atom. The third kappa shape index (κ3) is 3.51. The Morgan fingerprint density at radius 1 is 1.15 bits per heavy atom. The zero-order valence-corrected chi connectivity index (χ0v) is 15.2. The van der Waals surface area contributed by atoms with Crippen LogP contribution in [0, 0.1) is 5.82 Å². The van der Waals surface area contributed by atoms with Gasteiger partial charge in [0.15, 0.2) is 5.82 Å². The third-order valence-corrected chi connectivity index (χ3v) is 4.13. The van der Waals surface area contributed by atoms with Crippen LogP contribution in [0.3, 0.4) is 0 Å². The highest BCUT2D eigenvalue weighted by molar-refractivity contribution is 6.04. The Morgan fingerprint density at radius 3 is 2.42 bits per heavy atom. The maximum absolute atomic E-state index is 13.2. The maximum Gasteiger partial charge on any atom is 0.260 e. The van der Waals surface area contributed by atoms with Gasteiger partial charge in [-0.05, 0) is 36.1 Å². The number of amides is 1. The average Bonchev–Trinajstić information content (AvgIpc) is 3.22. The Kier molecular flexibility index (Phi) is 4.88. The van der Waals surface area contributed by atoms with E-state index in [9.17, 15) is 9.18 Å². The van der Waals surface area contributed by atoms with Gasteiger partial charge in [-0.15, -0.1) is 0 Å². The molecule has 0 saturated carbocycles. The van der Waals surface area contributed by atoms with Crippen molar-refractivity contribution in [1.29, 1.82) is 0 Å². The molecular weight excluding hydrogens is 333 g/mol. The smallest absolute Gasteiger partial charge is 0.260 e. The van der Waals surface area contributed by atoms with Gasteiger partial charge in [0.05, 0.1) is 23.1 Å². The van der Waals surface area contributed by atoms with Crippen molar-refractivity contribution < 1.29 is 9.18 Å². The number of anilines is 1. The minimum absolute atomic E-state index is 0.0497. The molecule has 0 aliphatic heterocycles. The first kappa shape index (κ1) is 17.8. The predicted octanol–water partition coefficient (Wildman–Crippen LogP) is 4.23. The molecule has 3 aromatic rings. The number of rotatable bonds is 5. The van der Waals surface area contributed by atoms with E-state index < -0.39 is 0 Å². The number of nitrogens with one attached hydrogen (secondary N) is 2. The molecule has 0 bridgehead atoms. The van der Waals surface area contributed by atoms with Crippen LogP contribution in [0.2, 0.25) is 0 Å². The zero-order valence-electron chi connectivity index (χ0n) is 15.2. The fourth-order valence-electron chi connectivity index (χ4n) is 2.76. The molecule has 0 atom stereocenters. The van der Waals surface area contributed by atoms with Crippen molar-refractivity contribution in [2.24, 2.45) is 0 Å². The van der Waals surface area contributed by atoms with Gasteiger partial charge in [0, 0.05) is 11.8 Å². The van der Waals surface area contributed by atoms with E-state index in [4.69, 9.17) is 0 Å². The Hall–Kier alpha value is -2.96. The molecule has 0 spiro atoms. The number of nitrogens with zero attached hydrogens (tertiary/aromatic N) is 3. The first-order chi connectivity index (χ1) is 12.4. The van der Waals surface area contributed by atoms with E-state index in [0.717, 1.165) is 11.4 Å². The molecule has 2 N–H and O–H groups in total. The molecule has 7 heteroatoms. The number of hydrogen-bond donors (Lipinski definition) is 2. The molecular formula is C19H22FN5O. The molecule has 1 amide bonds. The van der Waals surface area contributed by atoms with Crippen molar-refractivity contribution in [2.75, 3.05) is 5.32 Å². The van der Waals surface area contributed by atoms with E-state index in [2.05, 4.69) is 20.6 Å². The average molecular weight is 355 g/mol. The monoisotopic (exact) mass is 355 g/mol. The molecule has 0 saturated heterocycles. The van der Waals surface area contributed by atoms with Gasteiger partial charge >= 0.3 is 0 Å². The quantitative estimate of drug-likeness (QED) is 0.719. The van der Waals surface area contributed by atoms with Crippen molar-refractivity contribution in [1.82, 2.24) is 20.0 Å². The lowest BCUT2D eigenvalue weighted by Crippen LogP contribution is -2.15. The lowest BCUT2D eigenvalue weighted by atomic mass is 10.0. The molecule has 6 nitrogen and oxygen atoms in total. The summed E-state index contributed by atoms with van der Waals surface area (Å²) < 4.78 is 14.9. The minimum atomic E-state index is -0.315. The van der Waals surface area contributed by atoms with Crippen molar-refractivity contribution in [2.45, 2.75) is 39.5 Å².